The fourth-order valence-electron chi connectivity index (χ4n) is 2.15. The summed E-state index contributed by atoms with van der Waals surface area (Å²) in [6.45, 7) is 6.06. The van der Waals surface area contributed by atoms with E-state index in [2.05, 4.69) is 9.97 Å². The monoisotopic (exact) mass is 298 g/mol. The Balaban J connectivity index is 2.25. The maximum Gasteiger partial charge on any atom is 0.148 e. The standard InChI is InChI=1S/C12H18N4OS2/c1-4-9-12(3,17)16(11(18)19-9)6-8-5-14-7(2)15-10(8)13/h5,9,17H,4,6H2,1-3H3,(H2,13,14,15). The molecule has 1 saturated heterocycles. The number of nitrogens with zero attached hydrogens (tertiary/aromatic N) is 3. The molecule has 1 aliphatic heterocycles. The Bertz CT molecular complexity index is 507. The Morgan fingerprint density at radius 3 is 2.84 bits per heavy atom. The Hall–Kier alpha value is -0.920. The predicted molar refractivity (Wildman–Crippen MR) is 81.6 cm³/mol. The molecule has 0 spiro atoms. The number of hydrogen-bond donors (Lipinski definition) is 2. The summed E-state index contributed by atoms with van der Waals surface area (Å²) in [6.07, 6.45) is 2.55. The van der Waals surface area contributed by atoms with Gasteiger partial charge in [0.15, 0.2) is 0 Å². The summed E-state index contributed by atoms with van der Waals surface area (Å²) in [4.78, 5) is 10.1. The lowest BCUT2D eigenvalue weighted by Crippen LogP contribution is -2.47. The Labute approximate surface area is 122 Å². The highest BCUT2D eigenvalue weighted by Crippen LogP contribution is 2.41. The smallest absolute Gasteiger partial charge is 0.148 e. The van der Waals surface area contributed by atoms with Crippen LogP contribution in [0.25, 0.3) is 0 Å². The minimum atomic E-state index is -0.964. The SMILES string of the molecule is CCC1SC(=S)N(Cc2cnc(C)nc2N)C1(C)O. The molecule has 0 radical (unpaired) electrons. The number of thioether (sulfide) groups is 1. The van der Waals surface area contributed by atoms with Gasteiger partial charge in [0.1, 0.15) is 21.7 Å². The quantitative estimate of drug-likeness (QED) is 0.822. The number of nitrogen functional groups attached to an aromatic ring is 1. The van der Waals surface area contributed by atoms with Crippen molar-refractivity contribution < 1.29 is 5.11 Å². The zero-order valence-corrected chi connectivity index (χ0v) is 12.9. The van der Waals surface area contributed by atoms with Gasteiger partial charge < -0.3 is 15.7 Å². The van der Waals surface area contributed by atoms with E-state index in [1.807, 2.05) is 6.92 Å². The molecule has 1 aromatic rings. The summed E-state index contributed by atoms with van der Waals surface area (Å²) in [5, 5.41) is 10.7. The molecule has 2 unspecified atom stereocenters. The Kier molecular flexibility index (Phi) is 3.98. The van der Waals surface area contributed by atoms with Gasteiger partial charge in [0, 0.05) is 11.8 Å². The molecule has 5 nitrogen and oxygen atoms in total. The summed E-state index contributed by atoms with van der Waals surface area (Å²) < 4.78 is 0.692. The van der Waals surface area contributed by atoms with E-state index in [1.165, 1.54) is 11.8 Å². The van der Waals surface area contributed by atoms with Gasteiger partial charge in [-0.05, 0) is 20.3 Å². The summed E-state index contributed by atoms with van der Waals surface area (Å²) in [6, 6.07) is 0. The van der Waals surface area contributed by atoms with Crippen molar-refractivity contribution in [1.82, 2.24) is 14.9 Å². The normalized spacial score (nSPS) is 27.1. The average molecular weight is 298 g/mol. The summed E-state index contributed by atoms with van der Waals surface area (Å²) >= 11 is 6.88. The second-order valence-corrected chi connectivity index (χ2v) is 6.63. The molecule has 3 N–H and O–H groups in total. The van der Waals surface area contributed by atoms with Crippen molar-refractivity contribution in [3.05, 3.63) is 17.6 Å². The van der Waals surface area contributed by atoms with Crippen LogP contribution in [0.4, 0.5) is 5.82 Å². The number of thiocarbonyl (C=S) groups is 1. The van der Waals surface area contributed by atoms with E-state index in [0.29, 0.717) is 22.5 Å². The lowest BCUT2D eigenvalue weighted by atomic mass is 10.1. The summed E-state index contributed by atoms with van der Waals surface area (Å²) in [7, 11) is 0. The van der Waals surface area contributed by atoms with Gasteiger partial charge in [0.25, 0.3) is 0 Å². The molecule has 0 aromatic carbocycles. The van der Waals surface area contributed by atoms with Gasteiger partial charge >= 0.3 is 0 Å². The molecule has 0 aliphatic carbocycles. The lowest BCUT2D eigenvalue weighted by Gasteiger charge is -2.34. The molecule has 0 bridgehead atoms. The molecule has 2 rings (SSSR count). The topological polar surface area (TPSA) is 75.3 Å². The first kappa shape index (κ1) is 14.5. The third-order valence-electron chi connectivity index (χ3n) is 3.34. The molecule has 0 saturated carbocycles. The van der Waals surface area contributed by atoms with Crippen molar-refractivity contribution in [1.29, 1.82) is 0 Å². The fourth-order valence-corrected chi connectivity index (χ4v) is 3.89. The molecule has 19 heavy (non-hydrogen) atoms. The van der Waals surface area contributed by atoms with E-state index in [0.717, 1.165) is 12.0 Å². The molecule has 2 heterocycles. The summed E-state index contributed by atoms with van der Waals surface area (Å²) in [5.74, 6) is 1.08. The van der Waals surface area contributed by atoms with Crippen LogP contribution in [0.3, 0.4) is 0 Å². The van der Waals surface area contributed by atoms with Gasteiger partial charge in [-0.2, -0.15) is 0 Å². The van der Waals surface area contributed by atoms with Crippen LogP contribution in [-0.4, -0.2) is 35.3 Å². The number of aliphatic hydroxyl groups is 1. The van der Waals surface area contributed by atoms with Gasteiger partial charge in [-0.15, -0.1) is 0 Å². The molecule has 7 heteroatoms. The van der Waals surface area contributed by atoms with Crippen LogP contribution in [-0.2, 0) is 6.54 Å². The third-order valence-corrected chi connectivity index (χ3v) is 5.33. The molecule has 0 amide bonds. The van der Waals surface area contributed by atoms with Crippen molar-refractivity contribution in [3.63, 3.8) is 0 Å². The van der Waals surface area contributed by atoms with Crippen molar-refractivity contribution in [2.75, 3.05) is 5.73 Å². The summed E-state index contributed by atoms with van der Waals surface area (Å²) in [5.41, 5.74) is 5.71. The Morgan fingerprint density at radius 1 is 1.63 bits per heavy atom. The highest BCUT2D eigenvalue weighted by molar-refractivity contribution is 8.23. The largest absolute Gasteiger partial charge is 0.383 e. The molecule has 2 atom stereocenters. The van der Waals surface area contributed by atoms with Crippen LogP contribution in [0.5, 0.6) is 0 Å². The van der Waals surface area contributed by atoms with Gasteiger partial charge in [-0.1, -0.05) is 30.9 Å². The third kappa shape index (κ3) is 2.68. The lowest BCUT2D eigenvalue weighted by molar-refractivity contribution is -0.0500. The molecule has 1 fully saturated rings. The predicted octanol–water partition coefficient (Wildman–Crippen LogP) is 1.69. The number of aromatic nitrogens is 2. The van der Waals surface area contributed by atoms with Crippen molar-refractivity contribution in [3.8, 4) is 0 Å². The van der Waals surface area contributed by atoms with E-state index in [4.69, 9.17) is 18.0 Å². The molecular weight excluding hydrogens is 280 g/mol. The maximum atomic E-state index is 10.6. The van der Waals surface area contributed by atoms with E-state index in [-0.39, 0.29) is 5.25 Å². The number of nitrogens with two attached hydrogens (primary N) is 1. The van der Waals surface area contributed by atoms with Crippen LogP contribution in [0.15, 0.2) is 6.20 Å². The fraction of sp³-hybridized carbons (Fsp3) is 0.583. The highest BCUT2D eigenvalue weighted by Gasteiger charge is 2.46. The van der Waals surface area contributed by atoms with Gasteiger partial charge in [0.2, 0.25) is 0 Å². The van der Waals surface area contributed by atoms with Gasteiger partial charge in [-0.25, -0.2) is 9.97 Å². The highest BCUT2D eigenvalue weighted by atomic mass is 32.2. The minimum absolute atomic E-state index is 0.0765. The molecule has 1 aromatic heterocycles. The van der Waals surface area contributed by atoms with Crippen molar-refractivity contribution in [2.24, 2.45) is 0 Å². The maximum absolute atomic E-state index is 10.6. The molecular formula is C12H18N4OS2. The number of rotatable bonds is 3. The van der Waals surface area contributed by atoms with Crippen LogP contribution in [0.2, 0.25) is 0 Å². The van der Waals surface area contributed by atoms with Crippen LogP contribution in [0.1, 0.15) is 31.7 Å². The van der Waals surface area contributed by atoms with E-state index in [9.17, 15) is 5.11 Å². The van der Waals surface area contributed by atoms with E-state index < -0.39 is 5.72 Å². The van der Waals surface area contributed by atoms with Crippen LogP contribution >= 0.6 is 24.0 Å². The first-order valence-corrected chi connectivity index (χ1v) is 7.43. The molecule has 1 aliphatic rings. The first-order valence-electron chi connectivity index (χ1n) is 6.14. The second kappa shape index (κ2) is 5.22. The van der Waals surface area contributed by atoms with Gasteiger partial charge in [0.05, 0.1) is 11.8 Å². The van der Waals surface area contributed by atoms with Crippen LogP contribution in [0, 0.1) is 6.92 Å². The first-order chi connectivity index (χ1) is 8.86. The van der Waals surface area contributed by atoms with Crippen molar-refractivity contribution >= 4 is 34.1 Å². The van der Waals surface area contributed by atoms with E-state index in [1.54, 1.807) is 24.9 Å². The van der Waals surface area contributed by atoms with Gasteiger partial charge in [-0.3, -0.25) is 0 Å². The Morgan fingerprint density at radius 2 is 2.32 bits per heavy atom. The zero-order valence-electron chi connectivity index (χ0n) is 11.3. The molecule has 104 valence electrons. The van der Waals surface area contributed by atoms with Crippen LogP contribution < -0.4 is 5.73 Å². The average Bonchev–Trinajstić information content (AvgIpc) is 2.54. The number of hydrogen-bond acceptors (Lipinski definition) is 6. The van der Waals surface area contributed by atoms with Crippen molar-refractivity contribution in [2.45, 2.75) is 44.7 Å². The van der Waals surface area contributed by atoms with E-state index >= 15 is 0 Å². The minimum Gasteiger partial charge on any atom is -0.383 e. The second-order valence-electron chi connectivity index (χ2n) is 4.79. The number of anilines is 1. The zero-order chi connectivity index (χ0) is 14.2. The number of aryl methyl sites for hydroxylation is 1.